The minimum Gasteiger partial charge on any atom is -0.497 e. The highest BCUT2D eigenvalue weighted by Crippen LogP contribution is 2.41. The lowest BCUT2D eigenvalue weighted by molar-refractivity contribution is 0.0401. The van der Waals surface area contributed by atoms with Crippen molar-refractivity contribution in [3.05, 3.63) is 83.0 Å². The Labute approximate surface area is 154 Å². The molecule has 0 bridgehead atoms. The van der Waals surface area contributed by atoms with Crippen molar-refractivity contribution in [3.63, 3.8) is 0 Å². The number of pyridine rings is 1. The summed E-state index contributed by atoms with van der Waals surface area (Å²) in [5.74, 6) is -2.76. The predicted molar refractivity (Wildman–Crippen MR) is 100 cm³/mol. The summed E-state index contributed by atoms with van der Waals surface area (Å²) in [6.45, 7) is 0. The quantitative estimate of drug-likeness (QED) is 0.402. The summed E-state index contributed by atoms with van der Waals surface area (Å²) in [4.78, 5) is 4.30. The number of ether oxygens (including phenoxy) is 1. The molecule has 1 heterocycles. The SMILES string of the molecule is COc1ccc(C(F)(F)c2nc3ccccc3c3ccc(Cl)cc23)cc1. The van der Waals surface area contributed by atoms with Crippen LogP contribution in [0.2, 0.25) is 5.02 Å². The van der Waals surface area contributed by atoms with Crippen molar-refractivity contribution in [1.29, 1.82) is 0 Å². The Balaban J connectivity index is 2.02. The molecule has 0 fully saturated rings. The molecule has 4 rings (SSSR count). The fourth-order valence-electron chi connectivity index (χ4n) is 3.10. The minimum absolute atomic E-state index is 0.151. The van der Waals surface area contributed by atoms with Gasteiger partial charge in [0.2, 0.25) is 0 Å². The third kappa shape index (κ3) is 2.67. The molecule has 1 aromatic heterocycles. The third-order valence-electron chi connectivity index (χ3n) is 4.41. The van der Waals surface area contributed by atoms with Gasteiger partial charge in [0.15, 0.2) is 0 Å². The average Bonchev–Trinajstić information content (AvgIpc) is 2.67. The van der Waals surface area contributed by atoms with Crippen LogP contribution in [0.5, 0.6) is 5.75 Å². The van der Waals surface area contributed by atoms with Crippen LogP contribution < -0.4 is 4.74 Å². The van der Waals surface area contributed by atoms with Crippen LogP contribution in [0.25, 0.3) is 21.7 Å². The van der Waals surface area contributed by atoms with Crippen molar-refractivity contribution in [1.82, 2.24) is 4.98 Å². The summed E-state index contributed by atoms with van der Waals surface area (Å²) >= 11 is 6.09. The second kappa shape index (κ2) is 6.22. The molecule has 0 N–H and O–H groups in total. The lowest BCUT2D eigenvalue weighted by Crippen LogP contribution is -2.18. The molecule has 0 saturated heterocycles. The first-order chi connectivity index (χ1) is 12.5. The molecule has 0 aliphatic rings. The molecule has 3 aromatic carbocycles. The van der Waals surface area contributed by atoms with E-state index in [9.17, 15) is 0 Å². The molecule has 4 aromatic rings. The van der Waals surface area contributed by atoms with Crippen LogP contribution in [0.4, 0.5) is 8.78 Å². The van der Waals surface area contributed by atoms with Crippen molar-refractivity contribution in [2.75, 3.05) is 7.11 Å². The standard InChI is InChI=1S/C21H14ClF2NO/c1-26-15-9-6-13(7-10-15)21(23,24)20-18-12-14(22)8-11-16(18)17-4-2-3-5-19(17)25-20/h2-12H,1H3. The Kier molecular flexibility index (Phi) is 4.00. The summed E-state index contributed by atoms with van der Waals surface area (Å²) in [5, 5.41) is 2.25. The maximum atomic E-state index is 15.4. The number of methoxy groups -OCH3 is 1. The molecular formula is C21H14ClF2NO. The molecule has 0 amide bonds. The Hall–Kier alpha value is -2.72. The fourth-order valence-corrected chi connectivity index (χ4v) is 3.28. The van der Waals surface area contributed by atoms with Crippen LogP contribution in [0, 0.1) is 0 Å². The number of aromatic nitrogens is 1. The number of para-hydroxylation sites is 1. The molecule has 0 spiro atoms. The Morgan fingerprint density at radius 1 is 0.885 bits per heavy atom. The van der Waals surface area contributed by atoms with Crippen molar-refractivity contribution < 1.29 is 13.5 Å². The topological polar surface area (TPSA) is 22.1 Å². The van der Waals surface area contributed by atoms with Crippen LogP contribution in [-0.4, -0.2) is 12.1 Å². The van der Waals surface area contributed by atoms with Gasteiger partial charge in [0.25, 0.3) is 0 Å². The van der Waals surface area contributed by atoms with Crippen LogP contribution in [0.3, 0.4) is 0 Å². The van der Waals surface area contributed by atoms with E-state index >= 15 is 8.78 Å². The van der Waals surface area contributed by atoms with Crippen LogP contribution >= 0.6 is 11.6 Å². The Bertz CT molecular complexity index is 1110. The molecule has 0 radical (unpaired) electrons. The number of benzene rings is 3. The van der Waals surface area contributed by atoms with Gasteiger partial charge in [-0.15, -0.1) is 0 Å². The lowest BCUT2D eigenvalue weighted by Gasteiger charge is -2.20. The van der Waals surface area contributed by atoms with Crippen molar-refractivity contribution in [2.24, 2.45) is 0 Å². The third-order valence-corrected chi connectivity index (χ3v) is 4.65. The lowest BCUT2D eigenvalue weighted by atomic mass is 9.97. The summed E-state index contributed by atoms with van der Waals surface area (Å²) in [7, 11) is 1.49. The maximum Gasteiger partial charge on any atom is 0.315 e. The number of hydrogen-bond donors (Lipinski definition) is 0. The maximum absolute atomic E-state index is 15.4. The second-order valence-electron chi connectivity index (χ2n) is 5.97. The largest absolute Gasteiger partial charge is 0.497 e. The zero-order valence-corrected chi connectivity index (χ0v) is 14.6. The highest BCUT2D eigenvalue weighted by atomic mass is 35.5. The van der Waals surface area contributed by atoms with Gasteiger partial charge in [0.05, 0.1) is 12.6 Å². The van der Waals surface area contributed by atoms with Gasteiger partial charge in [-0.25, -0.2) is 4.98 Å². The van der Waals surface area contributed by atoms with Gasteiger partial charge in [0.1, 0.15) is 11.4 Å². The first kappa shape index (κ1) is 16.7. The molecule has 2 nitrogen and oxygen atoms in total. The summed E-state index contributed by atoms with van der Waals surface area (Å²) < 4.78 is 35.8. The molecular weight excluding hydrogens is 356 g/mol. The van der Waals surface area contributed by atoms with Gasteiger partial charge in [0, 0.05) is 21.4 Å². The van der Waals surface area contributed by atoms with Gasteiger partial charge in [-0.2, -0.15) is 8.78 Å². The predicted octanol–water partition coefficient (Wildman–Crippen LogP) is 6.19. The first-order valence-electron chi connectivity index (χ1n) is 8.01. The average molecular weight is 370 g/mol. The highest BCUT2D eigenvalue weighted by Gasteiger charge is 2.38. The first-order valence-corrected chi connectivity index (χ1v) is 8.39. The number of nitrogens with zero attached hydrogens (tertiary/aromatic N) is 1. The van der Waals surface area contributed by atoms with Crippen molar-refractivity contribution in [2.45, 2.75) is 5.92 Å². The highest BCUT2D eigenvalue weighted by molar-refractivity contribution is 6.31. The Morgan fingerprint density at radius 2 is 1.62 bits per heavy atom. The van der Waals surface area contributed by atoms with Gasteiger partial charge >= 0.3 is 5.92 Å². The second-order valence-corrected chi connectivity index (χ2v) is 6.41. The van der Waals surface area contributed by atoms with E-state index in [0.29, 0.717) is 27.1 Å². The summed E-state index contributed by atoms with van der Waals surface area (Å²) in [6.07, 6.45) is 0. The number of fused-ring (bicyclic) bond motifs is 3. The number of halogens is 3. The van der Waals surface area contributed by atoms with Crippen LogP contribution in [-0.2, 0) is 5.92 Å². The van der Waals surface area contributed by atoms with Crippen LogP contribution in [0.15, 0.2) is 66.7 Å². The number of alkyl halides is 2. The number of rotatable bonds is 3. The zero-order chi connectivity index (χ0) is 18.3. The van der Waals surface area contributed by atoms with E-state index in [1.54, 1.807) is 30.3 Å². The molecule has 130 valence electrons. The smallest absolute Gasteiger partial charge is 0.315 e. The van der Waals surface area contributed by atoms with Crippen LogP contribution in [0.1, 0.15) is 11.3 Å². The van der Waals surface area contributed by atoms with E-state index in [-0.39, 0.29) is 11.3 Å². The number of hydrogen-bond acceptors (Lipinski definition) is 2. The minimum atomic E-state index is -3.28. The molecule has 0 aliphatic carbocycles. The van der Waals surface area contributed by atoms with Crippen molar-refractivity contribution >= 4 is 33.3 Å². The monoisotopic (exact) mass is 369 g/mol. The van der Waals surface area contributed by atoms with Crippen molar-refractivity contribution in [3.8, 4) is 5.75 Å². The van der Waals surface area contributed by atoms with E-state index in [0.717, 1.165) is 5.39 Å². The molecule has 0 saturated carbocycles. The van der Waals surface area contributed by atoms with E-state index in [2.05, 4.69) is 4.98 Å². The van der Waals surface area contributed by atoms with Gasteiger partial charge in [-0.1, -0.05) is 35.9 Å². The summed E-state index contributed by atoms with van der Waals surface area (Å²) in [6, 6.07) is 18.0. The van der Waals surface area contributed by atoms with E-state index in [4.69, 9.17) is 16.3 Å². The molecule has 0 aliphatic heterocycles. The molecule has 26 heavy (non-hydrogen) atoms. The molecule has 5 heteroatoms. The Morgan fingerprint density at radius 3 is 2.35 bits per heavy atom. The van der Waals surface area contributed by atoms with Gasteiger partial charge in [-0.3, -0.25) is 0 Å². The zero-order valence-electron chi connectivity index (χ0n) is 13.8. The molecule has 0 atom stereocenters. The van der Waals surface area contributed by atoms with Gasteiger partial charge < -0.3 is 4.74 Å². The fraction of sp³-hybridized carbons (Fsp3) is 0.0952. The van der Waals surface area contributed by atoms with Gasteiger partial charge in [-0.05, 0) is 47.9 Å². The van der Waals surface area contributed by atoms with E-state index < -0.39 is 5.92 Å². The normalized spacial score (nSPS) is 11.8. The van der Waals surface area contributed by atoms with E-state index in [1.807, 2.05) is 12.1 Å². The van der Waals surface area contributed by atoms with E-state index in [1.165, 1.54) is 31.4 Å². The molecule has 0 unspecified atom stereocenters. The summed E-state index contributed by atoms with van der Waals surface area (Å²) in [5.41, 5.74) is 0.0618.